The van der Waals surface area contributed by atoms with Gasteiger partial charge in [0.15, 0.2) is 5.67 Å². The molecule has 0 bridgehead atoms. The van der Waals surface area contributed by atoms with E-state index in [1.54, 1.807) is 17.3 Å². The molecule has 0 aromatic carbocycles. The minimum Gasteiger partial charge on any atom is -0.492 e. The Morgan fingerprint density at radius 3 is 2.50 bits per heavy atom. The number of aromatic nitrogens is 1. The van der Waals surface area contributed by atoms with E-state index >= 15 is 0 Å². The number of likely N-dealkylation sites (tertiary alicyclic amines) is 1. The van der Waals surface area contributed by atoms with Crippen LogP contribution in [0.1, 0.15) is 25.7 Å². The highest BCUT2D eigenvalue weighted by Gasteiger charge is 2.58. The molecule has 11 heteroatoms. The number of hydrogen-bond acceptors (Lipinski definition) is 5. The summed E-state index contributed by atoms with van der Waals surface area (Å²) in [6.07, 6.45) is 0.744. The van der Waals surface area contributed by atoms with Gasteiger partial charge < -0.3 is 19.5 Å². The molecule has 1 unspecified atom stereocenters. The van der Waals surface area contributed by atoms with Crippen LogP contribution in [0.5, 0.6) is 5.75 Å². The van der Waals surface area contributed by atoms with E-state index < -0.39 is 17.8 Å². The molecule has 1 aliphatic carbocycles. The topological polar surface area (TPSA) is 89.0 Å². The summed E-state index contributed by atoms with van der Waals surface area (Å²) < 4.78 is 57.7. The molecule has 1 spiro atoms. The van der Waals surface area contributed by atoms with Gasteiger partial charge in [-0.1, -0.05) is 0 Å². The lowest BCUT2D eigenvalue weighted by Gasteiger charge is -2.52. The minimum atomic E-state index is -5.08. The number of ether oxygens (including phenoxy) is 2. The van der Waals surface area contributed by atoms with Gasteiger partial charge in [0.1, 0.15) is 11.4 Å². The van der Waals surface area contributed by atoms with E-state index in [1.165, 1.54) is 0 Å². The Hall–Kier alpha value is -2.43. The zero-order valence-electron chi connectivity index (χ0n) is 16.0. The van der Waals surface area contributed by atoms with Crippen molar-refractivity contribution in [1.29, 1.82) is 0 Å². The second-order valence-electron chi connectivity index (χ2n) is 7.68. The van der Waals surface area contributed by atoms with Gasteiger partial charge in [-0.3, -0.25) is 9.78 Å². The highest BCUT2D eigenvalue weighted by Crippen LogP contribution is 2.44. The first-order valence-corrected chi connectivity index (χ1v) is 9.51. The first-order valence-electron chi connectivity index (χ1n) is 9.51. The van der Waals surface area contributed by atoms with Crippen LogP contribution in [0.3, 0.4) is 0 Å². The quantitative estimate of drug-likeness (QED) is 0.733. The molecule has 4 rings (SSSR count). The molecule has 30 heavy (non-hydrogen) atoms. The molecule has 1 amide bonds. The summed E-state index contributed by atoms with van der Waals surface area (Å²) in [5.41, 5.74) is -1.96. The van der Waals surface area contributed by atoms with Crippen molar-refractivity contribution in [3.8, 4) is 5.75 Å². The van der Waals surface area contributed by atoms with Crippen molar-refractivity contribution in [2.45, 2.75) is 43.1 Å². The second-order valence-corrected chi connectivity index (χ2v) is 7.68. The number of nitrogens with zero attached hydrogens (tertiary/aromatic N) is 2. The average Bonchev–Trinajstić information content (AvgIpc) is 3.07. The van der Waals surface area contributed by atoms with E-state index in [4.69, 9.17) is 19.4 Å². The summed E-state index contributed by atoms with van der Waals surface area (Å²) in [7, 11) is 0. The van der Waals surface area contributed by atoms with Crippen molar-refractivity contribution >= 4 is 11.9 Å². The third kappa shape index (κ3) is 4.66. The number of aliphatic carboxylic acids is 1. The fraction of sp³-hybridized carbons (Fsp3) is 0.632. The molecule has 0 radical (unpaired) electrons. The predicted molar refractivity (Wildman–Crippen MR) is 94.5 cm³/mol. The van der Waals surface area contributed by atoms with E-state index in [0.29, 0.717) is 39.1 Å². The fourth-order valence-corrected chi connectivity index (χ4v) is 3.73. The van der Waals surface area contributed by atoms with Crippen molar-refractivity contribution in [2.24, 2.45) is 5.92 Å². The zero-order valence-corrected chi connectivity index (χ0v) is 16.0. The summed E-state index contributed by atoms with van der Waals surface area (Å²) in [4.78, 5) is 26.7. The van der Waals surface area contributed by atoms with E-state index in [2.05, 4.69) is 4.98 Å². The van der Waals surface area contributed by atoms with Crippen molar-refractivity contribution in [2.75, 3.05) is 26.3 Å². The number of alkyl halides is 4. The Morgan fingerprint density at radius 1 is 1.33 bits per heavy atom. The number of carbonyl (C=O) groups is 2. The Balaban J connectivity index is 0.000000318. The number of hydrogen-bond donors (Lipinski definition) is 1. The molecule has 1 N–H and O–H groups in total. The summed E-state index contributed by atoms with van der Waals surface area (Å²) in [5, 5.41) is 7.12. The third-order valence-corrected chi connectivity index (χ3v) is 5.66. The van der Waals surface area contributed by atoms with Crippen LogP contribution < -0.4 is 4.74 Å². The maximum absolute atomic E-state index is 14.2. The number of rotatable bonds is 4. The molecule has 3 heterocycles. The largest absolute Gasteiger partial charge is 0.492 e. The lowest BCUT2D eigenvalue weighted by Crippen LogP contribution is -2.69. The normalized spacial score (nSPS) is 23.6. The SMILES string of the molecule is O=C(N1CC2(C1)OCCC2COc1cccnc1)C1(F)CCC1.O=C(O)C(F)(F)F. The summed E-state index contributed by atoms with van der Waals surface area (Å²) in [6, 6.07) is 3.70. The Labute approximate surface area is 170 Å². The molecule has 1 saturated carbocycles. The number of amides is 1. The maximum atomic E-state index is 14.2. The number of carbonyl (C=O) groups excluding carboxylic acids is 1. The minimum absolute atomic E-state index is 0.226. The van der Waals surface area contributed by atoms with E-state index in [0.717, 1.165) is 18.6 Å². The van der Waals surface area contributed by atoms with Crippen molar-refractivity contribution in [1.82, 2.24) is 9.88 Å². The molecule has 2 saturated heterocycles. The summed E-state index contributed by atoms with van der Waals surface area (Å²) >= 11 is 0. The van der Waals surface area contributed by atoms with E-state index in [9.17, 15) is 22.4 Å². The first kappa shape index (κ1) is 22.3. The molecule has 2 aliphatic heterocycles. The zero-order chi connectivity index (χ0) is 22.0. The van der Waals surface area contributed by atoms with Crippen molar-refractivity contribution in [3.63, 3.8) is 0 Å². The van der Waals surface area contributed by atoms with E-state index in [-0.39, 0.29) is 17.4 Å². The molecular formula is C19H22F4N2O5. The number of carboxylic acid groups (broad SMARTS) is 1. The first-order chi connectivity index (χ1) is 14.1. The molecule has 3 aliphatic rings. The maximum Gasteiger partial charge on any atom is 0.490 e. The monoisotopic (exact) mass is 434 g/mol. The van der Waals surface area contributed by atoms with Gasteiger partial charge in [-0.15, -0.1) is 0 Å². The Morgan fingerprint density at radius 2 is 2.00 bits per heavy atom. The molecule has 1 aromatic rings. The van der Waals surface area contributed by atoms with Gasteiger partial charge in [0, 0.05) is 18.7 Å². The lowest BCUT2D eigenvalue weighted by molar-refractivity contribution is -0.192. The molecule has 3 fully saturated rings. The van der Waals surface area contributed by atoms with Crippen molar-refractivity contribution < 1.29 is 41.7 Å². The standard InChI is InChI=1S/C17H21FN2O3.C2HF3O2/c18-16(5-2-6-16)15(21)20-11-17(12-20)13(4-8-23-17)10-22-14-3-1-7-19-9-14;3-2(4,5)1(6)7/h1,3,7,9,13H,2,4-6,8,10-12H2;(H,6,7). The van der Waals surface area contributed by atoms with Crippen LogP contribution in [0.2, 0.25) is 0 Å². The van der Waals surface area contributed by atoms with Gasteiger partial charge in [0.25, 0.3) is 5.91 Å². The van der Waals surface area contributed by atoms with Crippen molar-refractivity contribution in [3.05, 3.63) is 24.5 Å². The second kappa shape index (κ2) is 8.37. The van der Waals surface area contributed by atoms with Crippen LogP contribution in [0, 0.1) is 5.92 Å². The molecule has 166 valence electrons. The number of carboxylic acids is 1. The molecule has 7 nitrogen and oxygen atoms in total. The predicted octanol–water partition coefficient (Wildman–Crippen LogP) is 2.60. The van der Waals surface area contributed by atoms with Gasteiger partial charge >= 0.3 is 12.1 Å². The van der Waals surface area contributed by atoms with Crippen LogP contribution in [0.4, 0.5) is 17.6 Å². The molecule has 1 aromatic heterocycles. The van der Waals surface area contributed by atoms with Crippen LogP contribution in [-0.4, -0.2) is 70.6 Å². The molecule has 1 atom stereocenters. The average molecular weight is 434 g/mol. The Kier molecular flexibility index (Phi) is 6.21. The summed E-state index contributed by atoms with van der Waals surface area (Å²) in [5.74, 6) is -2.15. The van der Waals surface area contributed by atoms with Gasteiger partial charge in [-0.2, -0.15) is 13.2 Å². The summed E-state index contributed by atoms with van der Waals surface area (Å²) in [6.45, 7) is 2.18. The number of halogens is 4. The highest BCUT2D eigenvalue weighted by atomic mass is 19.4. The van der Waals surface area contributed by atoms with E-state index in [1.807, 2.05) is 12.1 Å². The van der Waals surface area contributed by atoms with Gasteiger partial charge in [-0.05, 0) is 37.8 Å². The number of pyridine rings is 1. The van der Waals surface area contributed by atoms with Crippen LogP contribution in [0.25, 0.3) is 0 Å². The van der Waals surface area contributed by atoms with Gasteiger partial charge in [0.2, 0.25) is 0 Å². The third-order valence-electron chi connectivity index (χ3n) is 5.66. The fourth-order valence-electron chi connectivity index (χ4n) is 3.73. The van der Waals surface area contributed by atoms with Gasteiger partial charge in [0.05, 0.1) is 25.9 Å². The smallest absolute Gasteiger partial charge is 0.490 e. The molecular weight excluding hydrogens is 412 g/mol. The van der Waals surface area contributed by atoms with Crippen LogP contribution >= 0.6 is 0 Å². The van der Waals surface area contributed by atoms with Gasteiger partial charge in [-0.25, -0.2) is 9.18 Å². The highest BCUT2D eigenvalue weighted by molar-refractivity contribution is 5.87. The Bertz CT molecular complexity index is 764. The van der Waals surface area contributed by atoms with Crippen LogP contribution in [-0.2, 0) is 14.3 Å². The van der Waals surface area contributed by atoms with Crippen LogP contribution in [0.15, 0.2) is 24.5 Å². The lowest BCUT2D eigenvalue weighted by atomic mass is 9.76.